The number of halogens is 2. The Labute approximate surface area is 218 Å². The van der Waals surface area contributed by atoms with Crippen LogP contribution in [0.1, 0.15) is 78.6 Å². The van der Waals surface area contributed by atoms with Gasteiger partial charge in [-0.25, -0.2) is 8.78 Å². The average Bonchev–Trinajstić information content (AvgIpc) is 3.45. The van der Waals surface area contributed by atoms with E-state index in [0.29, 0.717) is 23.2 Å². The second kappa shape index (κ2) is 9.39. The van der Waals surface area contributed by atoms with Gasteiger partial charge in [0.1, 0.15) is 12.1 Å². The normalized spacial score (nSPS) is 39.3. The predicted molar refractivity (Wildman–Crippen MR) is 138 cm³/mol. The maximum absolute atomic E-state index is 14.2. The monoisotopic (exact) mass is 513 g/mol. The second-order valence-corrected chi connectivity index (χ2v) is 13.0. The van der Waals surface area contributed by atoms with Gasteiger partial charge < -0.3 is 4.74 Å². The van der Waals surface area contributed by atoms with Crippen LogP contribution in [0.3, 0.4) is 0 Å². The number of hydrogen-bond donors (Lipinski definition) is 0. The van der Waals surface area contributed by atoms with Crippen LogP contribution >= 0.6 is 0 Å². The number of carbonyl (C=O) groups excluding carboxylic acids is 1. The lowest BCUT2D eigenvalue weighted by Crippen LogP contribution is -2.56. The molecule has 37 heavy (non-hydrogen) atoms. The van der Waals surface area contributed by atoms with E-state index >= 15 is 0 Å². The number of aromatic nitrogens is 3. The highest BCUT2D eigenvalue weighted by Gasteiger charge is 2.62. The van der Waals surface area contributed by atoms with Crippen molar-refractivity contribution in [3.8, 4) is 0 Å². The summed E-state index contributed by atoms with van der Waals surface area (Å²) < 4.78 is 34.0. The van der Waals surface area contributed by atoms with Crippen molar-refractivity contribution in [2.75, 3.05) is 13.2 Å². The highest BCUT2D eigenvalue weighted by atomic mass is 19.2. The SMILES string of the molecule is CCOCC12CCC(C)CC1CCC1C3CCC(C(=O)Cn4nc5ccc(F)c(F)c5n4)C3(C)CCC12. The standard InChI is InChI=1S/C30H41F2N3O2/c1-4-37-17-30-14-11-18(2)15-19(30)5-6-20-21-7-8-23(29(21,3)13-12-22(20)30)26(36)16-35-33-25-10-9-24(31)27(32)28(25)34-35/h9-10,18-23H,4-8,11-17H2,1-3H3. The van der Waals surface area contributed by atoms with Crippen molar-refractivity contribution in [3.05, 3.63) is 23.8 Å². The van der Waals surface area contributed by atoms with Gasteiger partial charge in [-0.2, -0.15) is 9.90 Å². The maximum Gasteiger partial charge on any atom is 0.188 e. The van der Waals surface area contributed by atoms with Crippen LogP contribution in [-0.4, -0.2) is 34.0 Å². The molecule has 7 heteroatoms. The first-order valence-electron chi connectivity index (χ1n) is 14.6. The lowest BCUT2D eigenvalue weighted by atomic mass is 9.44. The molecule has 0 saturated heterocycles. The first-order valence-corrected chi connectivity index (χ1v) is 14.6. The molecule has 8 unspecified atom stereocenters. The van der Waals surface area contributed by atoms with E-state index in [-0.39, 0.29) is 34.7 Å². The van der Waals surface area contributed by atoms with Crippen molar-refractivity contribution in [1.82, 2.24) is 15.0 Å². The maximum atomic E-state index is 14.2. The van der Waals surface area contributed by atoms with E-state index in [2.05, 4.69) is 31.0 Å². The van der Waals surface area contributed by atoms with Crippen LogP contribution in [0.4, 0.5) is 8.78 Å². The summed E-state index contributed by atoms with van der Waals surface area (Å²) in [5.41, 5.74) is 0.472. The molecule has 5 nitrogen and oxygen atoms in total. The van der Waals surface area contributed by atoms with Crippen molar-refractivity contribution >= 4 is 16.8 Å². The van der Waals surface area contributed by atoms with E-state index in [9.17, 15) is 13.6 Å². The Morgan fingerprint density at radius 3 is 2.73 bits per heavy atom. The van der Waals surface area contributed by atoms with Crippen LogP contribution < -0.4 is 0 Å². The van der Waals surface area contributed by atoms with Crippen molar-refractivity contribution in [2.45, 2.75) is 85.1 Å². The summed E-state index contributed by atoms with van der Waals surface area (Å²) >= 11 is 0. The molecule has 2 aromatic rings. The number of Topliss-reactive ketones (excluding diaryl/α,β-unsaturated/α-hetero) is 1. The van der Waals surface area contributed by atoms with E-state index in [0.717, 1.165) is 50.4 Å². The number of carbonyl (C=O) groups is 1. The van der Waals surface area contributed by atoms with Crippen molar-refractivity contribution < 1.29 is 18.3 Å². The first kappa shape index (κ1) is 25.4. The Bertz CT molecular complexity index is 1180. The third-order valence-electron chi connectivity index (χ3n) is 11.4. The van der Waals surface area contributed by atoms with Crippen LogP contribution in [0.25, 0.3) is 11.0 Å². The first-order chi connectivity index (χ1) is 17.8. The summed E-state index contributed by atoms with van der Waals surface area (Å²) in [5.74, 6) is 1.69. The Balaban J connectivity index is 1.22. The summed E-state index contributed by atoms with van der Waals surface area (Å²) in [6.45, 7) is 8.60. The minimum absolute atomic E-state index is 0.0101. The topological polar surface area (TPSA) is 57.0 Å². The highest BCUT2D eigenvalue weighted by Crippen LogP contribution is 2.68. The van der Waals surface area contributed by atoms with Gasteiger partial charge in [0, 0.05) is 12.5 Å². The van der Waals surface area contributed by atoms with Gasteiger partial charge in [0.25, 0.3) is 0 Å². The molecule has 0 bridgehead atoms. The van der Waals surface area contributed by atoms with E-state index in [4.69, 9.17) is 4.74 Å². The molecule has 1 aromatic carbocycles. The summed E-state index contributed by atoms with van der Waals surface area (Å²) in [5, 5.41) is 8.39. The molecule has 6 rings (SSSR count). The fraction of sp³-hybridized carbons (Fsp3) is 0.767. The Morgan fingerprint density at radius 1 is 1.08 bits per heavy atom. The van der Waals surface area contributed by atoms with Crippen LogP contribution in [0.15, 0.2) is 12.1 Å². The average molecular weight is 514 g/mol. The molecule has 0 amide bonds. The zero-order chi connectivity index (χ0) is 25.9. The number of rotatable bonds is 6. The van der Waals surface area contributed by atoms with Gasteiger partial charge >= 0.3 is 0 Å². The summed E-state index contributed by atoms with van der Waals surface area (Å²) in [4.78, 5) is 14.9. The number of fused-ring (bicyclic) bond motifs is 6. The zero-order valence-electron chi connectivity index (χ0n) is 22.5. The molecule has 8 atom stereocenters. The molecular weight excluding hydrogens is 472 g/mol. The Hall–Kier alpha value is -1.89. The molecule has 0 aliphatic heterocycles. The number of ether oxygens (including phenoxy) is 1. The van der Waals surface area contributed by atoms with Crippen molar-refractivity contribution in [2.24, 2.45) is 46.3 Å². The summed E-state index contributed by atoms with van der Waals surface area (Å²) in [6, 6.07) is 2.47. The smallest absolute Gasteiger partial charge is 0.188 e. The number of benzene rings is 1. The third-order valence-corrected chi connectivity index (χ3v) is 11.4. The minimum atomic E-state index is -1.00. The molecule has 202 valence electrons. The fourth-order valence-electron chi connectivity index (χ4n) is 9.65. The Morgan fingerprint density at radius 2 is 1.92 bits per heavy atom. The summed E-state index contributed by atoms with van der Waals surface area (Å²) in [7, 11) is 0. The lowest BCUT2D eigenvalue weighted by molar-refractivity contribution is -0.158. The molecule has 0 spiro atoms. The quantitative estimate of drug-likeness (QED) is 0.437. The van der Waals surface area contributed by atoms with Crippen LogP contribution in [0.5, 0.6) is 0 Å². The largest absolute Gasteiger partial charge is 0.381 e. The zero-order valence-corrected chi connectivity index (χ0v) is 22.5. The van der Waals surface area contributed by atoms with E-state index < -0.39 is 11.6 Å². The number of ketones is 1. The van der Waals surface area contributed by atoms with Crippen LogP contribution in [-0.2, 0) is 16.1 Å². The molecule has 4 fully saturated rings. The van der Waals surface area contributed by atoms with Gasteiger partial charge in [-0.15, -0.1) is 5.10 Å². The molecule has 1 aromatic heterocycles. The second-order valence-electron chi connectivity index (χ2n) is 13.0. The minimum Gasteiger partial charge on any atom is -0.381 e. The lowest BCUT2D eigenvalue weighted by Gasteiger charge is -2.62. The van der Waals surface area contributed by atoms with Gasteiger partial charge in [0.15, 0.2) is 22.9 Å². The molecular formula is C30H41F2N3O2. The molecule has 4 aliphatic carbocycles. The Kier molecular flexibility index (Phi) is 6.44. The van der Waals surface area contributed by atoms with Gasteiger partial charge in [-0.1, -0.05) is 20.3 Å². The molecule has 4 aliphatic rings. The van der Waals surface area contributed by atoms with Gasteiger partial charge in [-0.3, -0.25) is 4.79 Å². The third kappa shape index (κ3) is 3.97. The highest BCUT2D eigenvalue weighted by molar-refractivity contribution is 5.82. The van der Waals surface area contributed by atoms with Gasteiger partial charge in [0.05, 0.1) is 6.61 Å². The summed E-state index contributed by atoms with van der Waals surface area (Å²) in [6.07, 6.45) is 10.8. The van der Waals surface area contributed by atoms with E-state index in [1.165, 1.54) is 49.4 Å². The van der Waals surface area contributed by atoms with E-state index in [1.807, 2.05) is 0 Å². The predicted octanol–water partition coefficient (Wildman–Crippen LogP) is 6.59. The van der Waals surface area contributed by atoms with Gasteiger partial charge in [-0.05, 0) is 111 Å². The molecule has 0 radical (unpaired) electrons. The van der Waals surface area contributed by atoms with E-state index in [1.54, 1.807) is 0 Å². The van der Waals surface area contributed by atoms with Crippen LogP contribution in [0, 0.1) is 58.0 Å². The van der Waals surface area contributed by atoms with Gasteiger partial charge in [0.2, 0.25) is 0 Å². The fourth-order valence-corrected chi connectivity index (χ4v) is 9.65. The van der Waals surface area contributed by atoms with Crippen molar-refractivity contribution in [1.29, 1.82) is 0 Å². The number of hydrogen-bond acceptors (Lipinski definition) is 4. The van der Waals surface area contributed by atoms with Crippen LogP contribution in [0.2, 0.25) is 0 Å². The van der Waals surface area contributed by atoms with Crippen molar-refractivity contribution in [3.63, 3.8) is 0 Å². The molecule has 0 N–H and O–H groups in total. The number of nitrogens with zero attached hydrogens (tertiary/aromatic N) is 3. The molecule has 1 heterocycles. The molecule has 4 saturated carbocycles.